The van der Waals surface area contributed by atoms with Crippen LogP contribution < -0.4 is 10.1 Å². The van der Waals surface area contributed by atoms with Gasteiger partial charge in [-0.15, -0.1) is 0 Å². The summed E-state index contributed by atoms with van der Waals surface area (Å²) in [6.45, 7) is 1.41. The quantitative estimate of drug-likeness (QED) is 0.628. The normalized spacial score (nSPS) is 10.5. The summed E-state index contributed by atoms with van der Waals surface area (Å²) in [6.07, 6.45) is 2.84. The highest BCUT2D eigenvalue weighted by atomic mass is 35.5. The predicted octanol–water partition coefficient (Wildman–Crippen LogP) is 3.85. The molecule has 5 nitrogen and oxygen atoms in total. The van der Waals surface area contributed by atoms with Gasteiger partial charge in [0.25, 0.3) is 5.91 Å². The Balaban J connectivity index is 1.85. The number of methoxy groups -OCH3 is 1. The first-order chi connectivity index (χ1) is 12.0. The van der Waals surface area contributed by atoms with Crippen molar-refractivity contribution in [1.29, 1.82) is 0 Å². The molecule has 130 valence electrons. The number of esters is 1. The molecule has 0 aromatic heterocycles. The Bertz CT molecular complexity index is 802. The van der Waals surface area contributed by atoms with Crippen molar-refractivity contribution >= 4 is 35.2 Å². The molecular formula is C19H18ClNO4. The van der Waals surface area contributed by atoms with E-state index < -0.39 is 11.9 Å². The van der Waals surface area contributed by atoms with Gasteiger partial charge in [-0.3, -0.25) is 4.79 Å². The molecule has 0 saturated carbocycles. The van der Waals surface area contributed by atoms with E-state index in [1.54, 1.807) is 50.4 Å². The molecule has 0 aliphatic heterocycles. The van der Waals surface area contributed by atoms with Crippen molar-refractivity contribution in [1.82, 2.24) is 0 Å². The highest BCUT2D eigenvalue weighted by Gasteiger charge is 2.08. The molecule has 6 heteroatoms. The van der Waals surface area contributed by atoms with Crippen molar-refractivity contribution in [2.24, 2.45) is 0 Å². The first-order valence-electron chi connectivity index (χ1n) is 7.53. The molecule has 1 amide bonds. The number of ether oxygens (including phenoxy) is 2. The van der Waals surface area contributed by atoms with Gasteiger partial charge in [0, 0.05) is 16.8 Å². The molecule has 25 heavy (non-hydrogen) atoms. The van der Waals surface area contributed by atoms with Crippen LogP contribution in [0.15, 0.2) is 48.5 Å². The van der Waals surface area contributed by atoms with E-state index >= 15 is 0 Å². The third-order valence-electron chi connectivity index (χ3n) is 3.39. The monoisotopic (exact) mass is 359 g/mol. The van der Waals surface area contributed by atoms with Gasteiger partial charge in [-0.1, -0.05) is 29.8 Å². The molecule has 0 bridgehead atoms. The zero-order chi connectivity index (χ0) is 18.2. The Morgan fingerprint density at radius 1 is 1.20 bits per heavy atom. The van der Waals surface area contributed by atoms with E-state index in [9.17, 15) is 9.59 Å². The lowest BCUT2D eigenvalue weighted by atomic mass is 10.2. The third-order valence-corrected chi connectivity index (χ3v) is 3.80. The minimum atomic E-state index is -0.610. The van der Waals surface area contributed by atoms with Crippen LogP contribution in [0.2, 0.25) is 5.02 Å². The average Bonchev–Trinajstić information content (AvgIpc) is 2.62. The van der Waals surface area contributed by atoms with Gasteiger partial charge in [-0.05, 0) is 48.4 Å². The summed E-state index contributed by atoms with van der Waals surface area (Å²) in [5, 5.41) is 3.21. The SMILES string of the molecule is COc1cccc(/C=C/C(=O)OCC(=O)Nc2cccc(Cl)c2C)c1. The predicted molar refractivity (Wildman–Crippen MR) is 97.8 cm³/mol. The van der Waals surface area contributed by atoms with Gasteiger partial charge < -0.3 is 14.8 Å². The molecule has 2 aromatic rings. The van der Waals surface area contributed by atoms with Crippen LogP contribution in [0.1, 0.15) is 11.1 Å². The third kappa shape index (κ3) is 5.65. The minimum absolute atomic E-state index is 0.382. The number of hydrogen-bond acceptors (Lipinski definition) is 4. The lowest BCUT2D eigenvalue weighted by Gasteiger charge is -2.09. The van der Waals surface area contributed by atoms with Crippen LogP contribution in [0, 0.1) is 6.92 Å². The lowest BCUT2D eigenvalue weighted by Crippen LogP contribution is -2.20. The number of halogens is 1. The molecule has 0 fully saturated rings. The summed E-state index contributed by atoms with van der Waals surface area (Å²) in [4.78, 5) is 23.6. The number of anilines is 1. The van der Waals surface area contributed by atoms with Gasteiger partial charge in [-0.25, -0.2) is 4.79 Å². The number of amides is 1. The van der Waals surface area contributed by atoms with Gasteiger partial charge in [0.05, 0.1) is 7.11 Å². The zero-order valence-corrected chi connectivity index (χ0v) is 14.7. The second kappa shape index (κ2) is 8.89. The number of carbonyl (C=O) groups is 2. The van der Waals surface area contributed by atoms with Crippen molar-refractivity contribution in [3.63, 3.8) is 0 Å². The number of rotatable bonds is 6. The van der Waals surface area contributed by atoms with E-state index in [0.717, 1.165) is 11.1 Å². The van der Waals surface area contributed by atoms with Crippen molar-refractivity contribution in [3.8, 4) is 5.75 Å². The Hall–Kier alpha value is -2.79. The van der Waals surface area contributed by atoms with Gasteiger partial charge in [0.2, 0.25) is 0 Å². The van der Waals surface area contributed by atoms with E-state index in [-0.39, 0.29) is 6.61 Å². The zero-order valence-electron chi connectivity index (χ0n) is 13.9. The highest BCUT2D eigenvalue weighted by Crippen LogP contribution is 2.22. The smallest absolute Gasteiger partial charge is 0.331 e. The molecule has 0 unspecified atom stereocenters. The Kier molecular flexibility index (Phi) is 6.60. The summed E-state index contributed by atoms with van der Waals surface area (Å²) in [7, 11) is 1.57. The molecule has 0 aliphatic rings. The molecule has 0 saturated heterocycles. The Morgan fingerprint density at radius 3 is 2.72 bits per heavy atom. The van der Waals surface area contributed by atoms with Crippen LogP contribution in [0.25, 0.3) is 6.08 Å². The van der Waals surface area contributed by atoms with Crippen LogP contribution in [-0.4, -0.2) is 25.6 Å². The summed E-state index contributed by atoms with van der Waals surface area (Å²) in [5.74, 6) is -0.360. The van der Waals surface area contributed by atoms with Gasteiger partial charge >= 0.3 is 5.97 Å². The first-order valence-corrected chi connectivity index (χ1v) is 7.91. The van der Waals surface area contributed by atoms with E-state index in [0.29, 0.717) is 16.5 Å². The maximum Gasteiger partial charge on any atom is 0.331 e. The van der Waals surface area contributed by atoms with E-state index in [1.165, 1.54) is 6.08 Å². The molecular weight excluding hydrogens is 342 g/mol. The maximum absolute atomic E-state index is 11.9. The fourth-order valence-corrected chi connectivity index (χ4v) is 2.20. The molecule has 0 spiro atoms. The molecule has 0 aliphatic carbocycles. The Labute approximate surface area is 151 Å². The topological polar surface area (TPSA) is 64.6 Å². The molecule has 2 aromatic carbocycles. The molecule has 0 atom stereocenters. The summed E-state index contributed by atoms with van der Waals surface area (Å²) in [5.41, 5.74) is 2.12. The van der Waals surface area contributed by atoms with E-state index in [1.807, 2.05) is 12.1 Å². The average molecular weight is 360 g/mol. The summed E-state index contributed by atoms with van der Waals surface area (Å²) < 4.78 is 10.0. The fourth-order valence-electron chi connectivity index (χ4n) is 2.02. The van der Waals surface area contributed by atoms with Gasteiger partial charge in [0.1, 0.15) is 5.75 Å². The minimum Gasteiger partial charge on any atom is -0.497 e. The van der Waals surface area contributed by atoms with Crippen LogP contribution in [0.4, 0.5) is 5.69 Å². The number of hydrogen-bond donors (Lipinski definition) is 1. The molecule has 0 radical (unpaired) electrons. The first kappa shape index (κ1) is 18.5. The molecule has 1 N–H and O–H groups in total. The lowest BCUT2D eigenvalue weighted by molar-refractivity contribution is -0.142. The second-order valence-electron chi connectivity index (χ2n) is 5.18. The van der Waals surface area contributed by atoms with E-state index in [2.05, 4.69) is 5.32 Å². The second-order valence-corrected chi connectivity index (χ2v) is 5.59. The van der Waals surface area contributed by atoms with E-state index in [4.69, 9.17) is 21.1 Å². The Morgan fingerprint density at radius 2 is 1.96 bits per heavy atom. The van der Waals surface area contributed by atoms with Gasteiger partial charge in [-0.2, -0.15) is 0 Å². The van der Waals surface area contributed by atoms with Crippen molar-refractivity contribution < 1.29 is 19.1 Å². The van der Waals surface area contributed by atoms with Crippen LogP contribution in [0.5, 0.6) is 5.75 Å². The van der Waals surface area contributed by atoms with Crippen molar-refractivity contribution in [2.75, 3.05) is 19.0 Å². The maximum atomic E-state index is 11.9. The largest absolute Gasteiger partial charge is 0.497 e. The fraction of sp³-hybridized carbons (Fsp3) is 0.158. The number of nitrogens with one attached hydrogen (secondary N) is 1. The van der Waals surface area contributed by atoms with Crippen LogP contribution >= 0.6 is 11.6 Å². The van der Waals surface area contributed by atoms with Gasteiger partial charge in [0.15, 0.2) is 6.61 Å². The number of carbonyl (C=O) groups excluding carboxylic acids is 2. The number of benzene rings is 2. The molecule has 2 rings (SSSR count). The summed E-state index contributed by atoms with van der Waals surface area (Å²) in [6, 6.07) is 12.4. The summed E-state index contributed by atoms with van der Waals surface area (Å²) >= 11 is 5.99. The standard InChI is InChI=1S/C19H18ClNO4/c1-13-16(20)7-4-8-17(13)21-18(22)12-25-19(23)10-9-14-5-3-6-15(11-14)24-2/h3-11H,12H2,1-2H3,(H,21,22)/b10-9+. The van der Waals surface area contributed by atoms with Crippen LogP contribution in [0.3, 0.4) is 0 Å². The van der Waals surface area contributed by atoms with Crippen molar-refractivity contribution in [2.45, 2.75) is 6.92 Å². The molecule has 0 heterocycles. The van der Waals surface area contributed by atoms with Crippen molar-refractivity contribution in [3.05, 3.63) is 64.7 Å². The highest BCUT2D eigenvalue weighted by molar-refractivity contribution is 6.31. The van der Waals surface area contributed by atoms with Crippen LogP contribution in [-0.2, 0) is 14.3 Å².